The Hall–Kier alpha value is -0.850. The number of anilines is 1. The number of hydrogen-bond donors (Lipinski definition) is 1. The maximum Gasteiger partial charge on any atom is 0.291 e. The molecular weight excluding hydrogens is 374 g/mol. The monoisotopic (exact) mass is 387 g/mol. The summed E-state index contributed by atoms with van der Waals surface area (Å²) >= 11 is 10.8. The molecule has 21 heavy (non-hydrogen) atoms. The smallest absolute Gasteiger partial charge is 0.291 e. The van der Waals surface area contributed by atoms with Crippen molar-refractivity contribution in [3.63, 3.8) is 0 Å². The van der Waals surface area contributed by atoms with Gasteiger partial charge in [-0.2, -0.15) is 5.10 Å². The molecule has 0 unspecified atom stereocenters. The van der Waals surface area contributed by atoms with Crippen LogP contribution in [0, 0.1) is 5.92 Å². The molecule has 0 saturated heterocycles. The lowest BCUT2D eigenvalue weighted by atomic mass is 9.85. The third-order valence-corrected chi connectivity index (χ3v) is 5.55. The number of thiophene rings is 1. The van der Waals surface area contributed by atoms with Crippen LogP contribution < -0.4 is 10.9 Å². The lowest BCUT2D eigenvalue weighted by Gasteiger charge is -2.25. The van der Waals surface area contributed by atoms with Crippen molar-refractivity contribution in [2.75, 3.05) is 5.32 Å². The summed E-state index contributed by atoms with van der Waals surface area (Å²) in [6.07, 6.45) is 5.34. The largest absolute Gasteiger partial charge is 0.375 e. The van der Waals surface area contributed by atoms with Crippen LogP contribution in [0.1, 0.15) is 24.1 Å². The van der Waals surface area contributed by atoms with Crippen LogP contribution in [0.5, 0.6) is 0 Å². The van der Waals surface area contributed by atoms with Gasteiger partial charge >= 0.3 is 0 Å². The molecule has 1 aliphatic rings. The van der Waals surface area contributed by atoms with Crippen molar-refractivity contribution in [3.05, 3.63) is 42.4 Å². The highest BCUT2D eigenvalue weighted by atomic mass is 79.9. The van der Waals surface area contributed by atoms with E-state index in [1.807, 2.05) is 12.1 Å². The third kappa shape index (κ3) is 3.49. The summed E-state index contributed by atoms with van der Waals surface area (Å²) in [5.74, 6) is 0.598. The maximum atomic E-state index is 12.5. The minimum absolute atomic E-state index is 0.0704. The predicted molar refractivity (Wildman–Crippen MR) is 90.2 cm³/mol. The zero-order valence-corrected chi connectivity index (χ0v) is 14.5. The van der Waals surface area contributed by atoms with Crippen molar-refractivity contribution in [3.8, 4) is 0 Å². The van der Waals surface area contributed by atoms with E-state index in [0.29, 0.717) is 29.2 Å². The summed E-state index contributed by atoms with van der Waals surface area (Å²) in [6, 6.07) is 3.82. The second kappa shape index (κ2) is 6.50. The molecule has 2 aromatic heterocycles. The Kier molecular flexibility index (Phi) is 4.66. The molecule has 2 aromatic rings. The molecule has 3 rings (SSSR count). The van der Waals surface area contributed by atoms with E-state index in [9.17, 15) is 4.79 Å². The second-order valence-electron chi connectivity index (χ2n) is 5.21. The van der Waals surface area contributed by atoms with Gasteiger partial charge in [0, 0.05) is 18.0 Å². The van der Waals surface area contributed by atoms with Gasteiger partial charge in [-0.15, -0.1) is 11.3 Å². The molecule has 1 saturated carbocycles. The Morgan fingerprint density at radius 3 is 2.90 bits per heavy atom. The minimum atomic E-state index is -0.0704. The van der Waals surface area contributed by atoms with E-state index in [1.54, 1.807) is 10.9 Å². The molecule has 0 bridgehead atoms. The highest BCUT2D eigenvalue weighted by molar-refractivity contribution is 9.10. The van der Waals surface area contributed by atoms with Crippen LogP contribution >= 0.6 is 38.9 Å². The van der Waals surface area contributed by atoms with Crippen LogP contribution in [0.4, 0.5) is 5.69 Å². The van der Waals surface area contributed by atoms with Gasteiger partial charge in [0.25, 0.3) is 5.56 Å². The van der Waals surface area contributed by atoms with E-state index in [0.717, 1.165) is 9.21 Å². The van der Waals surface area contributed by atoms with Gasteiger partial charge in [0.05, 0.1) is 15.0 Å². The molecule has 0 radical (unpaired) electrons. The zero-order valence-electron chi connectivity index (χ0n) is 11.3. The Balaban J connectivity index is 1.76. The number of hydrogen-bond acceptors (Lipinski definition) is 4. The molecule has 7 heteroatoms. The first-order chi connectivity index (χ1) is 10.1. The lowest BCUT2D eigenvalue weighted by molar-refractivity contribution is 0.262. The Morgan fingerprint density at radius 1 is 1.48 bits per heavy atom. The van der Waals surface area contributed by atoms with Gasteiger partial charge in [-0.25, -0.2) is 4.68 Å². The van der Waals surface area contributed by atoms with Gasteiger partial charge in [-0.05, 0) is 46.8 Å². The summed E-state index contributed by atoms with van der Waals surface area (Å²) in [5.41, 5.74) is 0.493. The third-order valence-electron chi connectivity index (χ3n) is 3.72. The van der Waals surface area contributed by atoms with E-state index < -0.39 is 0 Å². The van der Waals surface area contributed by atoms with Gasteiger partial charge in [0.2, 0.25) is 0 Å². The van der Waals surface area contributed by atoms with E-state index >= 15 is 0 Å². The first-order valence-electron chi connectivity index (χ1n) is 6.87. The quantitative estimate of drug-likeness (QED) is 0.837. The molecule has 1 N–H and O–H groups in total. The minimum Gasteiger partial charge on any atom is -0.375 e. The van der Waals surface area contributed by atoms with Gasteiger partial charge < -0.3 is 5.32 Å². The standard InChI is InChI=1S/C14H15BrClN3OS/c15-11-7-18-19(8-9-2-1-3-9)14(20)13(11)17-6-10-4-5-12(16)21-10/h4-5,7,9,17H,1-3,6,8H2. The number of nitrogens with zero attached hydrogens (tertiary/aromatic N) is 2. The first-order valence-corrected chi connectivity index (χ1v) is 8.86. The van der Waals surface area contributed by atoms with Crippen LogP contribution in [-0.2, 0) is 13.1 Å². The van der Waals surface area contributed by atoms with Crippen molar-refractivity contribution >= 4 is 44.6 Å². The molecule has 0 atom stereocenters. The van der Waals surface area contributed by atoms with Crippen LogP contribution in [0.15, 0.2) is 27.6 Å². The molecule has 0 spiro atoms. The topological polar surface area (TPSA) is 46.9 Å². The first kappa shape index (κ1) is 15.1. The summed E-state index contributed by atoms with van der Waals surface area (Å²) in [5, 5.41) is 7.41. The summed E-state index contributed by atoms with van der Waals surface area (Å²) in [4.78, 5) is 13.6. The lowest BCUT2D eigenvalue weighted by Crippen LogP contribution is -2.30. The van der Waals surface area contributed by atoms with Gasteiger partial charge in [0.15, 0.2) is 0 Å². The van der Waals surface area contributed by atoms with E-state index in [2.05, 4.69) is 26.3 Å². The molecule has 2 heterocycles. The summed E-state index contributed by atoms with van der Waals surface area (Å²) in [6.45, 7) is 1.30. The number of halogens is 2. The number of rotatable bonds is 5. The second-order valence-corrected chi connectivity index (χ2v) is 7.87. The van der Waals surface area contributed by atoms with Crippen LogP contribution in [0.25, 0.3) is 0 Å². The van der Waals surface area contributed by atoms with Crippen molar-refractivity contribution in [2.45, 2.75) is 32.4 Å². The summed E-state index contributed by atoms with van der Waals surface area (Å²) in [7, 11) is 0. The van der Waals surface area contributed by atoms with Gasteiger partial charge in [-0.3, -0.25) is 4.79 Å². The van der Waals surface area contributed by atoms with E-state index in [-0.39, 0.29) is 5.56 Å². The molecule has 1 fully saturated rings. The maximum absolute atomic E-state index is 12.5. The van der Waals surface area contributed by atoms with E-state index in [4.69, 9.17) is 11.6 Å². The van der Waals surface area contributed by atoms with Gasteiger partial charge in [0.1, 0.15) is 5.69 Å². The van der Waals surface area contributed by atoms with Crippen molar-refractivity contribution in [1.82, 2.24) is 9.78 Å². The molecule has 0 aliphatic heterocycles. The molecule has 112 valence electrons. The fourth-order valence-corrected chi connectivity index (χ4v) is 3.73. The Labute approximate surface area is 140 Å². The van der Waals surface area contributed by atoms with Crippen LogP contribution in [0.2, 0.25) is 4.34 Å². The predicted octanol–water partition coefficient (Wildman–Crippen LogP) is 4.13. The zero-order chi connectivity index (χ0) is 14.8. The van der Waals surface area contributed by atoms with E-state index in [1.165, 1.54) is 30.6 Å². The van der Waals surface area contributed by atoms with Crippen molar-refractivity contribution < 1.29 is 0 Å². The number of aromatic nitrogens is 2. The molecule has 0 aromatic carbocycles. The van der Waals surface area contributed by atoms with Crippen molar-refractivity contribution in [1.29, 1.82) is 0 Å². The fraction of sp³-hybridized carbons (Fsp3) is 0.429. The van der Waals surface area contributed by atoms with Crippen LogP contribution in [-0.4, -0.2) is 9.78 Å². The van der Waals surface area contributed by atoms with Gasteiger partial charge in [-0.1, -0.05) is 18.0 Å². The van der Waals surface area contributed by atoms with Crippen molar-refractivity contribution in [2.24, 2.45) is 5.92 Å². The average Bonchev–Trinajstić information content (AvgIpc) is 2.81. The normalized spacial score (nSPS) is 15.0. The average molecular weight is 389 g/mol. The molecule has 0 amide bonds. The highest BCUT2D eigenvalue weighted by Crippen LogP contribution is 2.28. The SMILES string of the molecule is O=c1c(NCc2ccc(Cl)s2)c(Br)cnn1CC1CCC1. The van der Waals surface area contributed by atoms with Crippen LogP contribution in [0.3, 0.4) is 0 Å². The summed E-state index contributed by atoms with van der Waals surface area (Å²) < 4.78 is 3.02. The Bertz CT molecular complexity index is 696. The fourth-order valence-electron chi connectivity index (χ4n) is 2.30. The highest BCUT2D eigenvalue weighted by Gasteiger charge is 2.20. The molecule has 4 nitrogen and oxygen atoms in total. The molecule has 1 aliphatic carbocycles. The molecular formula is C14H15BrClN3OS. The number of nitrogens with one attached hydrogen (secondary N) is 1. The Morgan fingerprint density at radius 2 is 2.29 bits per heavy atom.